The summed E-state index contributed by atoms with van der Waals surface area (Å²) in [5.41, 5.74) is 1.15. The molecule has 80 valence electrons. The Bertz CT molecular complexity index is 263. The lowest BCUT2D eigenvalue weighted by Crippen LogP contribution is -2.24. The van der Waals surface area contributed by atoms with E-state index in [0.717, 1.165) is 17.9 Å². The minimum atomic E-state index is 0.342. The maximum absolute atomic E-state index is 5.11. The molecule has 0 aliphatic rings. The van der Waals surface area contributed by atoms with Crippen LogP contribution in [-0.4, -0.2) is 29.5 Å². The molecule has 4 heteroatoms. The summed E-state index contributed by atoms with van der Waals surface area (Å²) < 4.78 is 6.97. The molecule has 4 nitrogen and oxygen atoms in total. The van der Waals surface area contributed by atoms with Gasteiger partial charge in [0.25, 0.3) is 0 Å². The van der Waals surface area contributed by atoms with Gasteiger partial charge in [-0.25, -0.2) is 0 Å². The Labute approximate surface area is 85.3 Å². The third-order valence-electron chi connectivity index (χ3n) is 2.33. The van der Waals surface area contributed by atoms with Crippen molar-refractivity contribution in [2.75, 3.05) is 19.0 Å². The molecule has 1 rings (SSSR count). The van der Waals surface area contributed by atoms with E-state index < -0.39 is 0 Å². The van der Waals surface area contributed by atoms with Crippen LogP contribution in [0.5, 0.6) is 0 Å². The van der Waals surface area contributed by atoms with E-state index in [0.29, 0.717) is 12.6 Å². The zero-order valence-electron chi connectivity index (χ0n) is 9.37. The van der Waals surface area contributed by atoms with Crippen LogP contribution in [0.2, 0.25) is 0 Å². The molecular formula is C10H19N3O. The minimum absolute atomic E-state index is 0.342. The minimum Gasteiger partial charge on any atom is -0.383 e. The molecule has 0 aliphatic carbocycles. The van der Waals surface area contributed by atoms with Crippen LogP contribution in [0.25, 0.3) is 0 Å². The molecule has 1 aromatic rings. The standard InChI is InChI=1S/C10H19N3O/c1-5-9(7-14-4)11-10-6-8(2)13(3)12-10/h6,9H,5,7H2,1-4H3,(H,11,12). The van der Waals surface area contributed by atoms with Crippen LogP contribution in [-0.2, 0) is 11.8 Å². The van der Waals surface area contributed by atoms with Crippen molar-refractivity contribution in [1.29, 1.82) is 0 Å². The smallest absolute Gasteiger partial charge is 0.148 e. The highest BCUT2D eigenvalue weighted by Gasteiger charge is 2.07. The number of methoxy groups -OCH3 is 1. The van der Waals surface area contributed by atoms with E-state index in [1.54, 1.807) is 7.11 Å². The van der Waals surface area contributed by atoms with Gasteiger partial charge < -0.3 is 10.1 Å². The van der Waals surface area contributed by atoms with Gasteiger partial charge in [-0.05, 0) is 13.3 Å². The Morgan fingerprint density at radius 1 is 1.64 bits per heavy atom. The number of nitrogens with zero attached hydrogens (tertiary/aromatic N) is 2. The Balaban J connectivity index is 2.57. The molecule has 1 unspecified atom stereocenters. The summed E-state index contributed by atoms with van der Waals surface area (Å²) in [5, 5.41) is 7.66. The van der Waals surface area contributed by atoms with Crippen LogP contribution in [0.1, 0.15) is 19.0 Å². The Hall–Kier alpha value is -1.03. The molecule has 1 aromatic heterocycles. The monoisotopic (exact) mass is 197 g/mol. The summed E-state index contributed by atoms with van der Waals surface area (Å²) in [6.07, 6.45) is 1.03. The van der Waals surface area contributed by atoms with Crippen molar-refractivity contribution in [3.8, 4) is 0 Å². The van der Waals surface area contributed by atoms with Crippen molar-refractivity contribution in [1.82, 2.24) is 9.78 Å². The fraction of sp³-hybridized carbons (Fsp3) is 0.700. The lowest BCUT2D eigenvalue weighted by Gasteiger charge is -2.14. The lowest BCUT2D eigenvalue weighted by molar-refractivity contribution is 0.184. The third-order valence-corrected chi connectivity index (χ3v) is 2.33. The molecule has 0 radical (unpaired) electrons. The SMILES string of the molecule is CCC(COC)Nc1cc(C)n(C)n1. The van der Waals surface area contributed by atoms with E-state index in [-0.39, 0.29) is 0 Å². The first kappa shape index (κ1) is 11.0. The maximum Gasteiger partial charge on any atom is 0.148 e. The average molecular weight is 197 g/mol. The van der Waals surface area contributed by atoms with E-state index >= 15 is 0 Å². The van der Waals surface area contributed by atoms with Crippen molar-refractivity contribution in [3.05, 3.63) is 11.8 Å². The maximum atomic E-state index is 5.11. The second-order valence-electron chi connectivity index (χ2n) is 3.50. The highest BCUT2D eigenvalue weighted by Crippen LogP contribution is 2.09. The number of nitrogens with one attached hydrogen (secondary N) is 1. The van der Waals surface area contributed by atoms with Crippen molar-refractivity contribution in [2.24, 2.45) is 7.05 Å². The zero-order chi connectivity index (χ0) is 10.6. The molecule has 14 heavy (non-hydrogen) atoms. The number of hydrogen-bond donors (Lipinski definition) is 1. The first-order valence-electron chi connectivity index (χ1n) is 4.93. The number of ether oxygens (including phenoxy) is 1. The summed E-state index contributed by atoms with van der Waals surface area (Å²) in [6.45, 7) is 4.88. The average Bonchev–Trinajstić information content (AvgIpc) is 2.45. The van der Waals surface area contributed by atoms with Crippen LogP contribution in [0, 0.1) is 6.92 Å². The zero-order valence-corrected chi connectivity index (χ0v) is 9.37. The number of hydrogen-bond acceptors (Lipinski definition) is 3. The van der Waals surface area contributed by atoms with Crippen molar-refractivity contribution in [3.63, 3.8) is 0 Å². The topological polar surface area (TPSA) is 39.1 Å². The van der Waals surface area contributed by atoms with Gasteiger partial charge in [0.2, 0.25) is 0 Å². The van der Waals surface area contributed by atoms with Crippen molar-refractivity contribution < 1.29 is 4.74 Å². The molecule has 0 spiro atoms. The number of anilines is 1. The summed E-state index contributed by atoms with van der Waals surface area (Å²) in [5.74, 6) is 0.925. The molecule has 0 saturated heterocycles. The van der Waals surface area contributed by atoms with Gasteiger partial charge in [-0.2, -0.15) is 5.10 Å². The van der Waals surface area contributed by atoms with Crippen LogP contribution in [0.15, 0.2) is 6.07 Å². The molecule has 1 atom stereocenters. The molecule has 0 amide bonds. The highest BCUT2D eigenvalue weighted by atomic mass is 16.5. The molecule has 1 N–H and O–H groups in total. The van der Waals surface area contributed by atoms with Gasteiger partial charge in [0.1, 0.15) is 5.82 Å². The van der Waals surface area contributed by atoms with Gasteiger partial charge in [0.15, 0.2) is 0 Å². The predicted octanol–water partition coefficient (Wildman–Crippen LogP) is 1.57. The van der Waals surface area contributed by atoms with Crippen LogP contribution in [0.4, 0.5) is 5.82 Å². The second-order valence-corrected chi connectivity index (χ2v) is 3.50. The Morgan fingerprint density at radius 2 is 2.36 bits per heavy atom. The molecule has 0 bridgehead atoms. The first-order chi connectivity index (χ1) is 6.67. The van der Waals surface area contributed by atoms with Crippen LogP contribution >= 0.6 is 0 Å². The Morgan fingerprint density at radius 3 is 2.79 bits per heavy atom. The van der Waals surface area contributed by atoms with Crippen LogP contribution in [0.3, 0.4) is 0 Å². The highest BCUT2D eigenvalue weighted by molar-refractivity contribution is 5.36. The largest absolute Gasteiger partial charge is 0.383 e. The first-order valence-corrected chi connectivity index (χ1v) is 4.93. The molecule has 0 fully saturated rings. The van der Waals surface area contributed by atoms with Gasteiger partial charge in [-0.1, -0.05) is 6.92 Å². The summed E-state index contributed by atoms with van der Waals surface area (Å²) in [4.78, 5) is 0. The lowest BCUT2D eigenvalue weighted by atomic mass is 10.2. The number of rotatable bonds is 5. The van der Waals surface area contributed by atoms with E-state index in [9.17, 15) is 0 Å². The van der Waals surface area contributed by atoms with E-state index in [1.165, 1.54) is 0 Å². The predicted molar refractivity (Wildman–Crippen MR) is 57.5 cm³/mol. The van der Waals surface area contributed by atoms with Gasteiger partial charge >= 0.3 is 0 Å². The molecular weight excluding hydrogens is 178 g/mol. The van der Waals surface area contributed by atoms with Gasteiger partial charge in [-0.15, -0.1) is 0 Å². The Kier molecular flexibility index (Phi) is 3.95. The third kappa shape index (κ3) is 2.73. The quantitative estimate of drug-likeness (QED) is 0.778. The summed E-state index contributed by atoms with van der Waals surface area (Å²) >= 11 is 0. The fourth-order valence-electron chi connectivity index (χ4n) is 1.30. The van der Waals surface area contributed by atoms with Crippen molar-refractivity contribution in [2.45, 2.75) is 26.3 Å². The fourth-order valence-corrected chi connectivity index (χ4v) is 1.30. The summed E-state index contributed by atoms with van der Waals surface area (Å²) in [6, 6.07) is 2.38. The van der Waals surface area contributed by atoms with Crippen molar-refractivity contribution >= 4 is 5.82 Å². The van der Waals surface area contributed by atoms with E-state index in [1.807, 2.05) is 24.7 Å². The molecule has 1 heterocycles. The van der Waals surface area contributed by atoms with Gasteiger partial charge in [-0.3, -0.25) is 4.68 Å². The van der Waals surface area contributed by atoms with E-state index in [4.69, 9.17) is 4.74 Å². The summed E-state index contributed by atoms with van der Waals surface area (Å²) in [7, 11) is 3.66. The normalized spacial score (nSPS) is 12.9. The molecule has 0 aromatic carbocycles. The van der Waals surface area contributed by atoms with E-state index in [2.05, 4.69) is 17.3 Å². The molecule has 0 aliphatic heterocycles. The molecule has 0 saturated carbocycles. The van der Waals surface area contributed by atoms with Crippen LogP contribution < -0.4 is 5.32 Å². The second kappa shape index (κ2) is 5.00. The van der Waals surface area contributed by atoms with Gasteiger partial charge in [0.05, 0.1) is 12.6 Å². The number of aryl methyl sites for hydroxylation is 2. The number of aromatic nitrogens is 2. The van der Waals surface area contributed by atoms with Gasteiger partial charge in [0, 0.05) is 25.9 Å².